The Bertz CT molecular complexity index is 315. The summed E-state index contributed by atoms with van der Waals surface area (Å²) in [6, 6.07) is -0.660. The minimum Gasteiger partial charge on any atom is -0.480 e. The van der Waals surface area contributed by atoms with E-state index in [4.69, 9.17) is 10.8 Å². The van der Waals surface area contributed by atoms with Crippen LogP contribution >= 0.6 is 0 Å². The fraction of sp³-hybridized carbons (Fsp3) is 0.846. The summed E-state index contributed by atoms with van der Waals surface area (Å²) in [6.07, 6.45) is 3.18. The predicted molar refractivity (Wildman–Crippen MR) is 69.0 cm³/mol. The average molecular weight is 256 g/mol. The van der Waals surface area contributed by atoms with Gasteiger partial charge in [-0.15, -0.1) is 0 Å². The van der Waals surface area contributed by atoms with E-state index in [2.05, 4.69) is 5.32 Å². The second kappa shape index (κ2) is 5.69. The highest BCUT2D eigenvalue weighted by atomic mass is 16.4. The Morgan fingerprint density at radius 3 is 2.11 bits per heavy atom. The van der Waals surface area contributed by atoms with E-state index >= 15 is 0 Å². The molecule has 0 aromatic rings. The minimum absolute atomic E-state index is 0.0889. The van der Waals surface area contributed by atoms with E-state index in [0.717, 1.165) is 25.7 Å². The van der Waals surface area contributed by atoms with Crippen LogP contribution in [0, 0.1) is 11.3 Å². The lowest BCUT2D eigenvalue weighted by atomic mass is 9.83. The molecule has 0 aromatic heterocycles. The first-order valence-corrected chi connectivity index (χ1v) is 6.50. The Labute approximate surface area is 108 Å². The Hall–Kier alpha value is -1.10. The summed E-state index contributed by atoms with van der Waals surface area (Å²) in [6.45, 7) is 5.43. The van der Waals surface area contributed by atoms with Crippen molar-refractivity contribution in [3.8, 4) is 0 Å². The Balaban J connectivity index is 2.59. The Kier molecular flexibility index (Phi) is 4.73. The molecular formula is C13H24N2O3. The van der Waals surface area contributed by atoms with Crippen molar-refractivity contribution in [1.82, 2.24) is 5.32 Å². The van der Waals surface area contributed by atoms with Crippen LogP contribution < -0.4 is 11.1 Å². The summed E-state index contributed by atoms with van der Waals surface area (Å²) in [7, 11) is 0. The van der Waals surface area contributed by atoms with Gasteiger partial charge in [-0.2, -0.15) is 0 Å². The number of aliphatic carboxylic acids is 1. The van der Waals surface area contributed by atoms with Crippen LogP contribution in [0.2, 0.25) is 0 Å². The lowest BCUT2D eigenvalue weighted by Crippen LogP contribution is -2.51. The van der Waals surface area contributed by atoms with Gasteiger partial charge in [0.05, 0.1) is 0 Å². The van der Waals surface area contributed by atoms with Crippen LogP contribution in [0.1, 0.15) is 46.5 Å². The van der Waals surface area contributed by atoms with E-state index < -0.39 is 17.4 Å². The normalized spacial score (nSPS) is 26.4. The topological polar surface area (TPSA) is 92.4 Å². The third-order valence-corrected chi connectivity index (χ3v) is 3.54. The van der Waals surface area contributed by atoms with Crippen molar-refractivity contribution in [2.24, 2.45) is 17.1 Å². The summed E-state index contributed by atoms with van der Waals surface area (Å²) in [4.78, 5) is 23.2. The molecule has 104 valence electrons. The summed E-state index contributed by atoms with van der Waals surface area (Å²) in [5, 5.41) is 11.8. The molecular weight excluding hydrogens is 232 g/mol. The Morgan fingerprint density at radius 1 is 1.22 bits per heavy atom. The number of hydrogen-bond acceptors (Lipinski definition) is 3. The molecule has 1 rings (SSSR count). The maximum atomic E-state index is 12.1. The van der Waals surface area contributed by atoms with Gasteiger partial charge in [0.2, 0.25) is 5.91 Å². The molecule has 1 atom stereocenters. The molecule has 18 heavy (non-hydrogen) atoms. The molecule has 1 amide bonds. The van der Waals surface area contributed by atoms with Gasteiger partial charge in [-0.05, 0) is 31.1 Å². The Morgan fingerprint density at radius 2 is 1.72 bits per heavy atom. The highest BCUT2D eigenvalue weighted by Crippen LogP contribution is 2.25. The molecule has 1 aliphatic carbocycles. The van der Waals surface area contributed by atoms with E-state index in [1.54, 1.807) is 0 Å². The zero-order valence-corrected chi connectivity index (χ0v) is 11.4. The van der Waals surface area contributed by atoms with E-state index in [1.807, 2.05) is 20.8 Å². The van der Waals surface area contributed by atoms with Gasteiger partial charge in [-0.25, -0.2) is 4.79 Å². The van der Waals surface area contributed by atoms with Crippen molar-refractivity contribution in [3.63, 3.8) is 0 Å². The van der Waals surface area contributed by atoms with Crippen LogP contribution in [0.25, 0.3) is 0 Å². The molecule has 0 aromatic carbocycles. The van der Waals surface area contributed by atoms with Crippen molar-refractivity contribution < 1.29 is 14.7 Å². The fourth-order valence-electron chi connectivity index (χ4n) is 2.29. The van der Waals surface area contributed by atoms with Gasteiger partial charge in [0.1, 0.15) is 6.04 Å². The van der Waals surface area contributed by atoms with Crippen LogP contribution in [-0.4, -0.2) is 29.1 Å². The van der Waals surface area contributed by atoms with Gasteiger partial charge in [-0.1, -0.05) is 20.8 Å². The number of nitrogens with two attached hydrogens (primary N) is 1. The number of carboxylic acids is 1. The van der Waals surface area contributed by atoms with E-state index in [-0.39, 0.29) is 17.9 Å². The second-order valence-corrected chi connectivity index (χ2v) is 6.26. The molecule has 1 fully saturated rings. The number of carbonyl (C=O) groups excluding carboxylic acids is 1. The van der Waals surface area contributed by atoms with Crippen molar-refractivity contribution in [1.29, 1.82) is 0 Å². The van der Waals surface area contributed by atoms with Crippen molar-refractivity contribution in [2.45, 2.75) is 58.5 Å². The first kappa shape index (κ1) is 15.0. The quantitative estimate of drug-likeness (QED) is 0.705. The van der Waals surface area contributed by atoms with Crippen molar-refractivity contribution in [3.05, 3.63) is 0 Å². The summed E-state index contributed by atoms with van der Waals surface area (Å²) < 4.78 is 0. The van der Waals surface area contributed by atoms with Crippen LogP contribution in [0.4, 0.5) is 0 Å². The standard InChI is InChI=1S/C13H24N2O3/c1-13(2,3)10(12(17)18)15-11(16)8-4-6-9(14)7-5-8/h8-10H,4-7,14H2,1-3H3,(H,15,16)(H,17,18). The molecule has 0 radical (unpaired) electrons. The van der Waals surface area contributed by atoms with Crippen LogP contribution in [0.3, 0.4) is 0 Å². The monoisotopic (exact) mass is 256 g/mol. The molecule has 0 bridgehead atoms. The first-order chi connectivity index (χ1) is 8.21. The molecule has 5 heteroatoms. The number of hydrogen-bond donors (Lipinski definition) is 3. The molecule has 0 saturated heterocycles. The van der Waals surface area contributed by atoms with Crippen molar-refractivity contribution in [2.75, 3.05) is 0 Å². The van der Waals surface area contributed by atoms with Gasteiger partial charge >= 0.3 is 5.97 Å². The van der Waals surface area contributed by atoms with Crippen LogP contribution in [0.5, 0.6) is 0 Å². The number of carbonyl (C=O) groups is 2. The van der Waals surface area contributed by atoms with E-state index in [0.29, 0.717) is 0 Å². The lowest BCUT2D eigenvalue weighted by molar-refractivity contribution is -0.145. The average Bonchev–Trinajstić information content (AvgIpc) is 2.24. The smallest absolute Gasteiger partial charge is 0.326 e. The predicted octanol–water partition coefficient (Wildman–Crippen LogP) is 1.12. The van der Waals surface area contributed by atoms with E-state index in [1.165, 1.54) is 0 Å². The number of nitrogens with one attached hydrogen (secondary N) is 1. The largest absolute Gasteiger partial charge is 0.480 e. The number of amides is 1. The van der Waals surface area contributed by atoms with Gasteiger partial charge in [-0.3, -0.25) is 4.79 Å². The van der Waals surface area contributed by atoms with Gasteiger partial charge in [0.25, 0.3) is 0 Å². The lowest BCUT2D eigenvalue weighted by Gasteiger charge is -2.31. The molecule has 1 aliphatic rings. The zero-order chi connectivity index (χ0) is 13.9. The fourth-order valence-corrected chi connectivity index (χ4v) is 2.29. The SMILES string of the molecule is CC(C)(C)C(NC(=O)C1CCC(N)CC1)C(=O)O. The molecule has 0 heterocycles. The van der Waals surface area contributed by atoms with Gasteiger partial charge < -0.3 is 16.2 Å². The summed E-state index contributed by atoms with van der Waals surface area (Å²) >= 11 is 0. The highest BCUT2D eigenvalue weighted by molar-refractivity contribution is 5.85. The van der Waals surface area contributed by atoms with Crippen LogP contribution in [-0.2, 0) is 9.59 Å². The highest BCUT2D eigenvalue weighted by Gasteiger charge is 2.35. The number of rotatable bonds is 3. The second-order valence-electron chi connectivity index (χ2n) is 6.26. The molecule has 0 aliphatic heterocycles. The van der Waals surface area contributed by atoms with Gasteiger partial charge in [0.15, 0.2) is 0 Å². The minimum atomic E-state index is -0.983. The molecule has 5 nitrogen and oxygen atoms in total. The summed E-state index contributed by atoms with van der Waals surface area (Å²) in [5.41, 5.74) is 5.30. The van der Waals surface area contributed by atoms with Gasteiger partial charge in [0, 0.05) is 12.0 Å². The maximum absolute atomic E-state index is 12.1. The maximum Gasteiger partial charge on any atom is 0.326 e. The third kappa shape index (κ3) is 3.98. The summed E-state index contributed by atoms with van der Waals surface area (Å²) in [5.74, 6) is -1.22. The zero-order valence-electron chi connectivity index (χ0n) is 11.4. The molecule has 1 unspecified atom stereocenters. The third-order valence-electron chi connectivity index (χ3n) is 3.54. The van der Waals surface area contributed by atoms with E-state index in [9.17, 15) is 9.59 Å². The molecule has 1 saturated carbocycles. The molecule has 0 spiro atoms. The first-order valence-electron chi connectivity index (χ1n) is 6.50. The van der Waals surface area contributed by atoms with Crippen molar-refractivity contribution >= 4 is 11.9 Å². The van der Waals surface area contributed by atoms with Crippen LogP contribution in [0.15, 0.2) is 0 Å². The number of carboxylic acid groups (broad SMARTS) is 1. The molecule has 4 N–H and O–H groups in total.